The molecular formula is C16H26N4. The Morgan fingerprint density at radius 2 is 1.80 bits per heavy atom. The minimum Gasteiger partial charge on any atom is -0.382 e. The molecule has 0 amide bonds. The van der Waals surface area contributed by atoms with Gasteiger partial charge in [-0.1, -0.05) is 20.8 Å². The van der Waals surface area contributed by atoms with Crippen molar-refractivity contribution >= 4 is 16.9 Å². The van der Waals surface area contributed by atoms with Gasteiger partial charge in [-0.3, -0.25) is 0 Å². The van der Waals surface area contributed by atoms with Gasteiger partial charge in [0.1, 0.15) is 11.3 Å². The van der Waals surface area contributed by atoms with Crippen LogP contribution >= 0.6 is 0 Å². The Morgan fingerprint density at radius 1 is 1.10 bits per heavy atom. The third kappa shape index (κ3) is 2.28. The lowest BCUT2D eigenvalue weighted by Gasteiger charge is -2.17. The highest BCUT2D eigenvalue weighted by Crippen LogP contribution is 2.31. The van der Waals surface area contributed by atoms with Crippen LogP contribution in [0.1, 0.15) is 57.6 Å². The normalized spacial score (nSPS) is 13.8. The topological polar surface area (TPSA) is 56.7 Å². The maximum absolute atomic E-state index is 6.08. The van der Waals surface area contributed by atoms with Crippen LogP contribution < -0.4 is 5.73 Å². The summed E-state index contributed by atoms with van der Waals surface area (Å²) in [7, 11) is 0. The molecular weight excluding hydrogens is 248 g/mol. The number of nitrogens with two attached hydrogens (primary N) is 1. The zero-order chi connectivity index (χ0) is 14.7. The molecule has 0 radical (unpaired) electrons. The monoisotopic (exact) mass is 274 g/mol. The summed E-state index contributed by atoms with van der Waals surface area (Å²) < 4.78 is 2.32. The summed E-state index contributed by atoms with van der Waals surface area (Å²) in [5, 5.41) is 0. The fourth-order valence-corrected chi connectivity index (χ4v) is 3.06. The van der Waals surface area contributed by atoms with Crippen LogP contribution in [-0.4, -0.2) is 14.5 Å². The fourth-order valence-electron chi connectivity index (χ4n) is 3.06. The SMILES string of the molecule is CC.CCc1nc2c(N)nc3c(c2n1CC)CCCC3. The quantitative estimate of drug-likeness (QED) is 0.911. The molecule has 2 aromatic rings. The molecule has 0 bridgehead atoms. The van der Waals surface area contributed by atoms with Crippen LogP contribution in [0.2, 0.25) is 0 Å². The summed E-state index contributed by atoms with van der Waals surface area (Å²) >= 11 is 0. The highest BCUT2D eigenvalue weighted by Gasteiger charge is 2.21. The summed E-state index contributed by atoms with van der Waals surface area (Å²) in [6, 6.07) is 0. The van der Waals surface area contributed by atoms with Crippen molar-refractivity contribution in [2.24, 2.45) is 0 Å². The molecule has 4 heteroatoms. The predicted octanol–water partition coefficient (Wildman–Crippen LogP) is 3.50. The van der Waals surface area contributed by atoms with Crippen LogP contribution in [0.5, 0.6) is 0 Å². The highest BCUT2D eigenvalue weighted by atomic mass is 15.1. The van der Waals surface area contributed by atoms with Crippen molar-refractivity contribution in [3.05, 3.63) is 17.1 Å². The molecule has 2 N–H and O–H groups in total. The first-order chi connectivity index (χ1) is 9.76. The van der Waals surface area contributed by atoms with Crippen molar-refractivity contribution in [1.29, 1.82) is 0 Å². The van der Waals surface area contributed by atoms with Gasteiger partial charge >= 0.3 is 0 Å². The molecule has 0 spiro atoms. The van der Waals surface area contributed by atoms with E-state index < -0.39 is 0 Å². The maximum Gasteiger partial charge on any atom is 0.151 e. The average Bonchev–Trinajstić information content (AvgIpc) is 2.89. The zero-order valence-electron chi connectivity index (χ0n) is 13.2. The average molecular weight is 274 g/mol. The Balaban J connectivity index is 0.000000704. The van der Waals surface area contributed by atoms with Gasteiger partial charge in [0.2, 0.25) is 0 Å². The minimum atomic E-state index is 0.604. The van der Waals surface area contributed by atoms with Crippen LogP contribution in [0, 0.1) is 0 Å². The van der Waals surface area contributed by atoms with Gasteiger partial charge in [-0.05, 0) is 38.2 Å². The highest BCUT2D eigenvalue weighted by molar-refractivity contribution is 5.89. The number of aryl methyl sites for hydroxylation is 4. The summed E-state index contributed by atoms with van der Waals surface area (Å²) in [6.45, 7) is 9.27. The van der Waals surface area contributed by atoms with Crippen LogP contribution in [0.25, 0.3) is 11.0 Å². The maximum atomic E-state index is 6.08. The summed E-state index contributed by atoms with van der Waals surface area (Å²) in [5.74, 6) is 1.73. The van der Waals surface area contributed by atoms with E-state index in [2.05, 4.69) is 28.4 Å². The first-order valence-electron chi connectivity index (χ1n) is 7.92. The van der Waals surface area contributed by atoms with Crippen molar-refractivity contribution in [3.8, 4) is 0 Å². The number of aromatic nitrogens is 3. The number of nitrogens with zero attached hydrogens (tertiary/aromatic N) is 3. The largest absolute Gasteiger partial charge is 0.382 e. The second-order valence-electron chi connectivity index (χ2n) is 4.95. The second kappa shape index (κ2) is 6.25. The van der Waals surface area contributed by atoms with E-state index in [1.165, 1.54) is 29.6 Å². The van der Waals surface area contributed by atoms with Crippen molar-refractivity contribution in [2.75, 3.05) is 5.73 Å². The summed E-state index contributed by atoms with van der Waals surface area (Å²) in [6.07, 6.45) is 5.60. The van der Waals surface area contributed by atoms with Gasteiger partial charge in [-0.25, -0.2) is 9.97 Å². The number of anilines is 1. The standard InChI is InChI=1S/C14H20N4.C2H6/c1-3-11-17-12-13(18(11)4-2)9-7-5-6-8-10(9)16-14(12)15;1-2/h3-8H2,1-2H3,(H2,15,16);1-2H3. The van der Waals surface area contributed by atoms with Gasteiger partial charge in [-0.15, -0.1) is 0 Å². The number of rotatable bonds is 2. The molecule has 110 valence electrons. The molecule has 0 aliphatic heterocycles. The predicted molar refractivity (Wildman–Crippen MR) is 85.0 cm³/mol. The second-order valence-corrected chi connectivity index (χ2v) is 4.95. The van der Waals surface area contributed by atoms with Gasteiger partial charge < -0.3 is 10.3 Å². The van der Waals surface area contributed by atoms with E-state index in [1.54, 1.807) is 0 Å². The number of fused-ring (bicyclic) bond motifs is 3. The van der Waals surface area contributed by atoms with Gasteiger partial charge in [0.15, 0.2) is 5.82 Å². The molecule has 0 atom stereocenters. The van der Waals surface area contributed by atoms with Crippen LogP contribution in [0.3, 0.4) is 0 Å². The third-order valence-corrected chi connectivity index (χ3v) is 3.90. The number of hydrogen-bond donors (Lipinski definition) is 1. The lowest BCUT2D eigenvalue weighted by Crippen LogP contribution is -2.10. The minimum absolute atomic E-state index is 0.604. The molecule has 0 saturated heterocycles. The van der Waals surface area contributed by atoms with Crippen molar-refractivity contribution < 1.29 is 0 Å². The van der Waals surface area contributed by atoms with Crippen molar-refractivity contribution in [2.45, 2.75) is 66.3 Å². The van der Waals surface area contributed by atoms with Gasteiger partial charge in [-0.2, -0.15) is 0 Å². The molecule has 4 nitrogen and oxygen atoms in total. The van der Waals surface area contributed by atoms with Gasteiger partial charge in [0.05, 0.1) is 5.52 Å². The lowest BCUT2D eigenvalue weighted by atomic mass is 9.95. The van der Waals surface area contributed by atoms with E-state index in [0.717, 1.165) is 37.1 Å². The van der Waals surface area contributed by atoms with Gasteiger partial charge in [0.25, 0.3) is 0 Å². The smallest absolute Gasteiger partial charge is 0.151 e. The van der Waals surface area contributed by atoms with E-state index in [0.29, 0.717) is 5.82 Å². The summed E-state index contributed by atoms with van der Waals surface area (Å²) in [4.78, 5) is 9.25. The molecule has 2 aromatic heterocycles. The number of imidazole rings is 1. The molecule has 1 aliphatic rings. The summed E-state index contributed by atoms with van der Waals surface area (Å²) in [5.41, 5.74) is 10.8. The van der Waals surface area contributed by atoms with Crippen LogP contribution in [0.15, 0.2) is 0 Å². The number of pyridine rings is 1. The third-order valence-electron chi connectivity index (χ3n) is 3.90. The van der Waals surface area contributed by atoms with E-state index in [4.69, 9.17) is 5.73 Å². The molecule has 3 rings (SSSR count). The van der Waals surface area contributed by atoms with Gasteiger partial charge in [0, 0.05) is 18.7 Å². The molecule has 0 unspecified atom stereocenters. The fraction of sp³-hybridized carbons (Fsp3) is 0.625. The Bertz CT molecular complexity index is 598. The Hall–Kier alpha value is -1.58. The van der Waals surface area contributed by atoms with Crippen molar-refractivity contribution in [1.82, 2.24) is 14.5 Å². The van der Waals surface area contributed by atoms with Crippen LogP contribution in [-0.2, 0) is 25.8 Å². The zero-order valence-corrected chi connectivity index (χ0v) is 13.2. The van der Waals surface area contributed by atoms with Crippen LogP contribution in [0.4, 0.5) is 5.82 Å². The Kier molecular flexibility index (Phi) is 4.63. The molecule has 1 aliphatic carbocycles. The first-order valence-corrected chi connectivity index (χ1v) is 7.92. The Morgan fingerprint density at radius 3 is 2.45 bits per heavy atom. The molecule has 0 saturated carbocycles. The van der Waals surface area contributed by atoms with E-state index in [9.17, 15) is 0 Å². The molecule has 20 heavy (non-hydrogen) atoms. The van der Waals surface area contributed by atoms with E-state index in [-0.39, 0.29) is 0 Å². The van der Waals surface area contributed by atoms with E-state index >= 15 is 0 Å². The molecule has 2 heterocycles. The molecule has 0 aromatic carbocycles. The Labute approximate surface area is 121 Å². The number of nitrogen functional groups attached to an aromatic ring is 1. The van der Waals surface area contributed by atoms with Crippen molar-refractivity contribution in [3.63, 3.8) is 0 Å². The lowest BCUT2D eigenvalue weighted by molar-refractivity contribution is 0.664. The first kappa shape index (κ1) is 14.8. The molecule has 0 fully saturated rings. The number of hydrogen-bond acceptors (Lipinski definition) is 3. The van der Waals surface area contributed by atoms with E-state index in [1.807, 2.05) is 13.8 Å².